The molecule has 1 fully saturated rings. The maximum absolute atomic E-state index is 12.5. The lowest BCUT2D eigenvalue weighted by Crippen LogP contribution is -2.40. The molecule has 1 aromatic carbocycles. The van der Waals surface area contributed by atoms with Gasteiger partial charge in [-0.25, -0.2) is 8.42 Å². The van der Waals surface area contributed by atoms with E-state index in [-0.39, 0.29) is 37.6 Å². The monoisotopic (exact) mass is 408 g/mol. The summed E-state index contributed by atoms with van der Waals surface area (Å²) in [6.45, 7) is 4.03. The van der Waals surface area contributed by atoms with Crippen LogP contribution >= 0.6 is 0 Å². The molecule has 1 amide bonds. The Morgan fingerprint density at radius 1 is 1.25 bits per heavy atom. The summed E-state index contributed by atoms with van der Waals surface area (Å²) >= 11 is 0. The average Bonchev–Trinajstić information content (AvgIpc) is 2.71. The van der Waals surface area contributed by atoms with Crippen LogP contribution in [-0.2, 0) is 24.3 Å². The lowest BCUT2D eigenvalue weighted by molar-refractivity contribution is -0.153. The van der Waals surface area contributed by atoms with Crippen LogP contribution in [0, 0.1) is 5.92 Å². The van der Waals surface area contributed by atoms with Gasteiger partial charge in [-0.2, -0.15) is 4.31 Å². The zero-order valence-electron chi connectivity index (χ0n) is 16.3. The van der Waals surface area contributed by atoms with Crippen molar-refractivity contribution in [3.8, 4) is 0 Å². The van der Waals surface area contributed by atoms with E-state index in [1.54, 1.807) is 6.08 Å². The number of carbonyl (C=O) groups excluding carboxylic acids is 2. The van der Waals surface area contributed by atoms with E-state index >= 15 is 0 Å². The number of rotatable bonds is 8. The normalized spacial score (nSPS) is 17.4. The van der Waals surface area contributed by atoms with Crippen LogP contribution in [0.2, 0.25) is 0 Å². The van der Waals surface area contributed by atoms with Gasteiger partial charge in [-0.3, -0.25) is 9.59 Å². The molecular weight excluding hydrogens is 380 g/mol. The minimum atomic E-state index is -3.54. The van der Waals surface area contributed by atoms with Gasteiger partial charge in [0.15, 0.2) is 6.61 Å². The summed E-state index contributed by atoms with van der Waals surface area (Å²) in [5, 5.41) is 3.93. The van der Waals surface area contributed by atoms with E-state index in [0.29, 0.717) is 12.8 Å². The van der Waals surface area contributed by atoms with E-state index in [9.17, 15) is 18.0 Å². The molecular formula is C20H28N2O5S. The van der Waals surface area contributed by atoms with E-state index in [0.717, 1.165) is 12.0 Å². The van der Waals surface area contributed by atoms with Crippen molar-refractivity contribution >= 4 is 28.0 Å². The number of benzene rings is 1. The Labute approximate surface area is 166 Å². The van der Waals surface area contributed by atoms with Crippen molar-refractivity contribution in [3.63, 3.8) is 0 Å². The number of nitrogens with zero attached hydrogens (tertiary/aromatic N) is 1. The molecule has 0 aromatic heterocycles. The minimum Gasteiger partial charge on any atom is -0.455 e. The molecule has 1 atom stereocenters. The van der Waals surface area contributed by atoms with Crippen LogP contribution in [-0.4, -0.2) is 50.3 Å². The number of piperidine rings is 1. The van der Waals surface area contributed by atoms with Gasteiger partial charge in [-0.05, 0) is 37.8 Å². The summed E-state index contributed by atoms with van der Waals surface area (Å²) in [5.74, 6) is -1.16. The molecule has 0 aliphatic carbocycles. The first-order chi connectivity index (χ1) is 13.3. The van der Waals surface area contributed by atoms with Gasteiger partial charge in [0, 0.05) is 24.5 Å². The highest BCUT2D eigenvalue weighted by atomic mass is 32.2. The van der Waals surface area contributed by atoms with Gasteiger partial charge >= 0.3 is 5.97 Å². The molecule has 8 heteroatoms. The second kappa shape index (κ2) is 10.4. The highest BCUT2D eigenvalue weighted by Gasteiger charge is 2.31. The predicted molar refractivity (Wildman–Crippen MR) is 108 cm³/mol. The van der Waals surface area contributed by atoms with Crippen molar-refractivity contribution in [3.05, 3.63) is 41.3 Å². The van der Waals surface area contributed by atoms with E-state index < -0.39 is 16.0 Å². The molecule has 0 bridgehead atoms. The van der Waals surface area contributed by atoms with Crippen molar-refractivity contribution in [2.75, 3.05) is 19.7 Å². The van der Waals surface area contributed by atoms with Crippen LogP contribution in [0.4, 0.5) is 0 Å². The molecule has 154 valence electrons. The fourth-order valence-corrected chi connectivity index (χ4v) is 4.05. The maximum atomic E-state index is 12.5. The molecule has 1 N–H and O–H groups in total. The Morgan fingerprint density at radius 3 is 2.50 bits per heavy atom. The van der Waals surface area contributed by atoms with E-state index in [4.69, 9.17) is 4.74 Å². The number of amides is 1. The fourth-order valence-electron chi connectivity index (χ4n) is 2.83. The Kier molecular flexibility index (Phi) is 8.19. The van der Waals surface area contributed by atoms with Crippen LogP contribution in [0.3, 0.4) is 0 Å². The first kappa shape index (κ1) is 22.1. The largest absolute Gasteiger partial charge is 0.455 e. The molecule has 1 aromatic rings. The standard InChI is InChI=1S/C20H28N2O5S/c1-3-16(2)21-19(23)15-27-20(24)18-9-12-22(13-10-18)28(25,26)14-11-17-7-5-4-6-8-17/h4-8,11,14,16,18H,3,9-10,12-13,15H2,1-2H3,(H,21,23)/b14-11+/t16-/m1/s1. The molecule has 1 aliphatic rings. The summed E-state index contributed by atoms with van der Waals surface area (Å²) in [7, 11) is -3.54. The number of esters is 1. The quantitative estimate of drug-likeness (QED) is 0.666. The van der Waals surface area contributed by atoms with Crippen molar-refractivity contribution in [2.45, 2.75) is 39.2 Å². The number of ether oxygens (including phenoxy) is 1. The highest BCUT2D eigenvalue weighted by Crippen LogP contribution is 2.22. The number of hydrogen-bond donors (Lipinski definition) is 1. The van der Waals surface area contributed by atoms with Gasteiger partial charge < -0.3 is 10.1 Å². The first-order valence-electron chi connectivity index (χ1n) is 9.51. The molecule has 2 rings (SSSR count). The van der Waals surface area contributed by atoms with Crippen LogP contribution in [0.15, 0.2) is 35.7 Å². The van der Waals surface area contributed by atoms with Crippen molar-refractivity contribution in [2.24, 2.45) is 5.92 Å². The molecule has 0 radical (unpaired) electrons. The number of nitrogens with one attached hydrogen (secondary N) is 1. The summed E-state index contributed by atoms with van der Waals surface area (Å²) < 4.78 is 31.4. The fraction of sp³-hybridized carbons (Fsp3) is 0.500. The summed E-state index contributed by atoms with van der Waals surface area (Å²) in [4.78, 5) is 23.8. The van der Waals surface area contributed by atoms with Crippen molar-refractivity contribution in [1.29, 1.82) is 0 Å². The summed E-state index contributed by atoms with van der Waals surface area (Å²) in [5.41, 5.74) is 0.806. The second-order valence-corrected chi connectivity index (χ2v) is 8.73. The predicted octanol–water partition coefficient (Wildman–Crippen LogP) is 2.16. The Morgan fingerprint density at radius 2 is 1.89 bits per heavy atom. The van der Waals surface area contributed by atoms with Gasteiger partial charge in [0.2, 0.25) is 10.0 Å². The Bertz CT molecular complexity index is 784. The molecule has 0 unspecified atom stereocenters. The molecule has 1 saturated heterocycles. The van der Waals surface area contributed by atoms with Gasteiger partial charge in [0.05, 0.1) is 5.92 Å². The number of sulfonamides is 1. The van der Waals surface area contributed by atoms with E-state index in [1.165, 1.54) is 9.71 Å². The Hall–Kier alpha value is -2.19. The lowest BCUT2D eigenvalue weighted by atomic mass is 9.98. The molecule has 0 spiro atoms. The highest BCUT2D eigenvalue weighted by molar-refractivity contribution is 7.92. The topological polar surface area (TPSA) is 92.8 Å². The molecule has 1 heterocycles. The van der Waals surface area contributed by atoms with Crippen molar-refractivity contribution in [1.82, 2.24) is 9.62 Å². The zero-order valence-corrected chi connectivity index (χ0v) is 17.2. The maximum Gasteiger partial charge on any atom is 0.309 e. The Balaban J connectivity index is 1.80. The summed E-state index contributed by atoms with van der Waals surface area (Å²) in [6, 6.07) is 9.23. The van der Waals surface area contributed by atoms with E-state index in [2.05, 4.69) is 5.32 Å². The van der Waals surface area contributed by atoms with Gasteiger partial charge in [-0.15, -0.1) is 0 Å². The van der Waals surface area contributed by atoms with Crippen LogP contribution < -0.4 is 5.32 Å². The van der Waals surface area contributed by atoms with E-state index in [1.807, 2.05) is 44.2 Å². The molecule has 1 aliphatic heterocycles. The van der Waals surface area contributed by atoms with Crippen LogP contribution in [0.1, 0.15) is 38.7 Å². The molecule has 28 heavy (non-hydrogen) atoms. The zero-order chi connectivity index (χ0) is 20.6. The van der Waals surface area contributed by atoms with Crippen LogP contribution in [0.25, 0.3) is 6.08 Å². The summed E-state index contributed by atoms with van der Waals surface area (Å²) in [6.07, 6.45) is 3.12. The third kappa shape index (κ3) is 6.76. The second-order valence-electron chi connectivity index (χ2n) is 6.92. The minimum absolute atomic E-state index is 0.0311. The SMILES string of the molecule is CC[C@@H](C)NC(=O)COC(=O)C1CCN(S(=O)(=O)/C=C/c2ccccc2)CC1. The van der Waals surface area contributed by atoms with Gasteiger partial charge in [0.25, 0.3) is 5.91 Å². The smallest absolute Gasteiger partial charge is 0.309 e. The number of hydrogen-bond acceptors (Lipinski definition) is 5. The average molecular weight is 409 g/mol. The lowest BCUT2D eigenvalue weighted by Gasteiger charge is -2.29. The van der Waals surface area contributed by atoms with Gasteiger partial charge in [0.1, 0.15) is 0 Å². The van der Waals surface area contributed by atoms with Gasteiger partial charge in [-0.1, -0.05) is 37.3 Å². The molecule has 0 saturated carbocycles. The van der Waals surface area contributed by atoms with Crippen LogP contribution in [0.5, 0.6) is 0 Å². The first-order valence-corrected chi connectivity index (χ1v) is 11.0. The third-order valence-electron chi connectivity index (χ3n) is 4.74. The third-order valence-corrected chi connectivity index (χ3v) is 6.31. The van der Waals surface area contributed by atoms with Crippen molar-refractivity contribution < 1.29 is 22.7 Å². The molecule has 7 nitrogen and oxygen atoms in total. The number of carbonyl (C=O) groups is 2.